The van der Waals surface area contributed by atoms with Crippen molar-refractivity contribution >= 4 is 38.4 Å². The molecule has 0 aliphatic heterocycles. The maximum atomic E-state index is 12.9. The highest BCUT2D eigenvalue weighted by Crippen LogP contribution is 2.20. The van der Waals surface area contributed by atoms with Crippen molar-refractivity contribution in [3.05, 3.63) is 75.0 Å². The van der Waals surface area contributed by atoms with Crippen molar-refractivity contribution in [1.29, 1.82) is 0 Å². The first-order valence-corrected chi connectivity index (χ1v) is 9.93. The fourth-order valence-electron chi connectivity index (χ4n) is 3.40. The summed E-state index contributed by atoms with van der Waals surface area (Å²) in [5, 5.41) is 2.85. The number of rotatable bonds is 6. The first-order valence-electron chi connectivity index (χ1n) is 9.14. The lowest BCUT2D eigenvalue weighted by Crippen LogP contribution is -2.25. The van der Waals surface area contributed by atoms with Crippen LogP contribution < -0.4 is 10.9 Å². The van der Waals surface area contributed by atoms with E-state index in [9.17, 15) is 9.59 Å². The van der Waals surface area contributed by atoms with E-state index in [1.54, 1.807) is 4.57 Å². The summed E-state index contributed by atoms with van der Waals surface area (Å²) >= 11 is 3.48. The molecule has 0 aliphatic rings. The number of fused-ring (bicyclic) bond motifs is 3. The van der Waals surface area contributed by atoms with Crippen molar-refractivity contribution in [2.75, 3.05) is 0 Å². The zero-order valence-electron chi connectivity index (χ0n) is 15.4. The fraction of sp³-hybridized carbons (Fsp3) is 0.238. The Morgan fingerprint density at radius 2 is 2.00 bits per heavy atom. The molecule has 0 aliphatic carbocycles. The Bertz CT molecular complexity index is 1220. The summed E-state index contributed by atoms with van der Waals surface area (Å²) in [4.78, 5) is 25.1. The third kappa shape index (κ3) is 3.62. The van der Waals surface area contributed by atoms with E-state index in [0.29, 0.717) is 31.4 Å². The summed E-state index contributed by atoms with van der Waals surface area (Å²) in [7, 11) is 0. The molecule has 0 fully saturated rings. The van der Waals surface area contributed by atoms with Crippen LogP contribution in [0.5, 0.6) is 0 Å². The Hall–Kier alpha value is -2.80. The Balaban J connectivity index is 1.49. The SMILES string of the molecule is Cc1ccc(CNC(=O)CCCn2c(=O)c3cccn3c3ccc(Br)cc32)o1. The Labute approximate surface area is 169 Å². The van der Waals surface area contributed by atoms with Crippen molar-refractivity contribution in [3.63, 3.8) is 0 Å². The van der Waals surface area contributed by atoms with Crippen molar-refractivity contribution in [2.24, 2.45) is 0 Å². The van der Waals surface area contributed by atoms with Gasteiger partial charge in [-0.25, -0.2) is 0 Å². The monoisotopic (exact) mass is 441 g/mol. The predicted octanol–water partition coefficient (Wildman–Crippen LogP) is 4.01. The van der Waals surface area contributed by atoms with Crippen molar-refractivity contribution in [2.45, 2.75) is 32.9 Å². The molecular formula is C21H20BrN3O3. The number of nitrogens with one attached hydrogen (secondary N) is 1. The number of nitrogens with zero attached hydrogens (tertiary/aromatic N) is 2. The van der Waals surface area contributed by atoms with E-state index in [2.05, 4.69) is 21.2 Å². The summed E-state index contributed by atoms with van der Waals surface area (Å²) in [6.45, 7) is 2.72. The third-order valence-electron chi connectivity index (χ3n) is 4.74. The lowest BCUT2D eigenvalue weighted by molar-refractivity contribution is -0.121. The number of carbonyl (C=O) groups is 1. The second kappa shape index (κ2) is 7.67. The highest BCUT2D eigenvalue weighted by Gasteiger charge is 2.11. The molecular weight excluding hydrogens is 422 g/mol. The summed E-state index contributed by atoms with van der Waals surface area (Å²) < 4.78 is 10.0. The molecule has 7 heteroatoms. The topological polar surface area (TPSA) is 68.7 Å². The standard InChI is InChI=1S/C21H20BrN3O3/c1-14-6-8-16(28-14)13-23-20(26)5-3-11-25-19-12-15(22)7-9-17(19)24-10-2-4-18(24)21(25)27/h2,4,6-10,12H,3,5,11,13H2,1H3,(H,23,26). The van der Waals surface area contributed by atoms with Gasteiger partial charge in [0.2, 0.25) is 5.91 Å². The number of carbonyl (C=O) groups excluding carboxylic acids is 1. The first kappa shape index (κ1) is 18.6. The highest BCUT2D eigenvalue weighted by molar-refractivity contribution is 9.10. The van der Waals surface area contributed by atoms with E-state index in [-0.39, 0.29) is 11.5 Å². The average molecular weight is 442 g/mol. The first-order chi connectivity index (χ1) is 13.5. The van der Waals surface area contributed by atoms with Gasteiger partial charge in [0.25, 0.3) is 5.56 Å². The van der Waals surface area contributed by atoms with Crippen LogP contribution in [-0.2, 0) is 17.9 Å². The van der Waals surface area contributed by atoms with Gasteiger partial charge in [0, 0.05) is 23.6 Å². The smallest absolute Gasteiger partial charge is 0.275 e. The molecule has 0 radical (unpaired) electrons. The minimum Gasteiger partial charge on any atom is -0.465 e. The molecule has 1 N–H and O–H groups in total. The third-order valence-corrected chi connectivity index (χ3v) is 5.24. The fourth-order valence-corrected chi connectivity index (χ4v) is 3.75. The van der Waals surface area contributed by atoms with Crippen LogP contribution in [0.1, 0.15) is 24.4 Å². The number of benzene rings is 1. The molecule has 144 valence electrons. The Morgan fingerprint density at radius 3 is 2.79 bits per heavy atom. The number of aryl methyl sites for hydroxylation is 2. The van der Waals surface area contributed by atoms with Gasteiger partial charge in [-0.2, -0.15) is 0 Å². The molecule has 0 saturated carbocycles. The molecule has 3 heterocycles. The summed E-state index contributed by atoms with van der Waals surface area (Å²) in [6.07, 6.45) is 2.80. The highest BCUT2D eigenvalue weighted by atomic mass is 79.9. The molecule has 28 heavy (non-hydrogen) atoms. The maximum Gasteiger partial charge on any atom is 0.275 e. The van der Waals surface area contributed by atoms with E-state index in [1.165, 1.54) is 0 Å². The quantitative estimate of drug-likeness (QED) is 0.491. The van der Waals surface area contributed by atoms with Crippen molar-refractivity contribution < 1.29 is 9.21 Å². The van der Waals surface area contributed by atoms with E-state index < -0.39 is 0 Å². The van der Waals surface area contributed by atoms with Gasteiger partial charge in [-0.1, -0.05) is 15.9 Å². The lowest BCUT2D eigenvalue weighted by Gasteiger charge is -2.13. The van der Waals surface area contributed by atoms with Crippen molar-refractivity contribution in [1.82, 2.24) is 14.3 Å². The van der Waals surface area contributed by atoms with Crippen LogP contribution >= 0.6 is 15.9 Å². The molecule has 0 bridgehead atoms. The van der Waals surface area contributed by atoms with Crippen LogP contribution in [0, 0.1) is 6.92 Å². The van der Waals surface area contributed by atoms with Crippen LogP contribution in [0.4, 0.5) is 0 Å². The van der Waals surface area contributed by atoms with Gasteiger partial charge in [-0.3, -0.25) is 9.59 Å². The zero-order valence-corrected chi connectivity index (χ0v) is 17.0. The van der Waals surface area contributed by atoms with Gasteiger partial charge in [0.1, 0.15) is 17.0 Å². The minimum absolute atomic E-state index is 0.0536. The summed E-state index contributed by atoms with van der Waals surface area (Å²) in [5.74, 6) is 1.50. The molecule has 1 aromatic carbocycles. The van der Waals surface area contributed by atoms with Crippen LogP contribution in [-0.4, -0.2) is 14.9 Å². The number of halogens is 1. The molecule has 4 rings (SSSR count). The summed E-state index contributed by atoms with van der Waals surface area (Å²) in [5.41, 5.74) is 2.38. The van der Waals surface area contributed by atoms with Crippen molar-refractivity contribution in [3.8, 4) is 0 Å². The van der Waals surface area contributed by atoms with Gasteiger partial charge in [-0.15, -0.1) is 0 Å². The molecule has 4 aromatic rings. The average Bonchev–Trinajstić information content (AvgIpc) is 3.32. The van der Waals surface area contributed by atoms with Gasteiger partial charge in [0.05, 0.1) is 17.6 Å². The van der Waals surface area contributed by atoms with Gasteiger partial charge in [0.15, 0.2) is 0 Å². The predicted molar refractivity (Wildman–Crippen MR) is 111 cm³/mol. The lowest BCUT2D eigenvalue weighted by atomic mass is 10.2. The van der Waals surface area contributed by atoms with E-state index >= 15 is 0 Å². The van der Waals surface area contributed by atoms with Crippen LogP contribution in [0.25, 0.3) is 16.6 Å². The largest absolute Gasteiger partial charge is 0.465 e. The molecule has 0 atom stereocenters. The molecule has 0 unspecified atom stereocenters. The molecule has 3 aromatic heterocycles. The normalized spacial score (nSPS) is 11.4. The van der Waals surface area contributed by atoms with E-state index in [1.807, 2.05) is 60.0 Å². The van der Waals surface area contributed by atoms with Gasteiger partial charge >= 0.3 is 0 Å². The molecule has 0 spiro atoms. The zero-order chi connectivity index (χ0) is 19.7. The van der Waals surface area contributed by atoms with Crippen LogP contribution in [0.15, 0.2) is 62.3 Å². The van der Waals surface area contributed by atoms with E-state index in [0.717, 1.165) is 27.0 Å². The van der Waals surface area contributed by atoms with Gasteiger partial charge < -0.3 is 18.7 Å². The van der Waals surface area contributed by atoms with E-state index in [4.69, 9.17) is 4.42 Å². The van der Waals surface area contributed by atoms with Gasteiger partial charge in [-0.05, 0) is 55.8 Å². The summed E-state index contributed by atoms with van der Waals surface area (Å²) in [6, 6.07) is 13.3. The minimum atomic E-state index is -0.0589. The second-order valence-electron chi connectivity index (χ2n) is 6.75. The van der Waals surface area contributed by atoms with Crippen LogP contribution in [0.2, 0.25) is 0 Å². The maximum absolute atomic E-state index is 12.9. The molecule has 0 saturated heterocycles. The van der Waals surface area contributed by atoms with Crippen LogP contribution in [0.3, 0.4) is 0 Å². The molecule has 6 nitrogen and oxygen atoms in total. The Morgan fingerprint density at radius 1 is 1.14 bits per heavy atom. The number of amides is 1. The molecule has 1 amide bonds. The second-order valence-corrected chi connectivity index (χ2v) is 7.66. The number of hydrogen-bond acceptors (Lipinski definition) is 3. The number of aromatic nitrogens is 2. The number of hydrogen-bond donors (Lipinski definition) is 1. The number of furan rings is 1. The Kier molecular flexibility index (Phi) is 5.09.